The molecule has 28 heavy (non-hydrogen) atoms. The van der Waals surface area contributed by atoms with Gasteiger partial charge in [0.05, 0.1) is 0 Å². The number of nitrogens with zero attached hydrogens (tertiary/aromatic N) is 2. The number of phenols is 1. The van der Waals surface area contributed by atoms with Crippen LogP contribution in [0.3, 0.4) is 0 Å². The van der Waals surface area contributed by atoms with Crippen LogP contribution in [0.1, 0.15) is 22.5 Å². The van der Waals surface area contributed by atoms with Gasteiger partial charge in [-0.05, 0) is 74.4 Å². The Morgan fingerprint density at radius 3 is 2.43 bits per heavy atom. The maximum atomic E-state index is 12.6. The average molecular weight is 371 g/mol. The van der Waals surface area contributed by atoms with Crippen molar-refractivity contribution < 1.29 is 9.90 Å². The van der Waals surface area contributed by atoms with Crippen molar-refractivity contribution in [3.63, 3.8) is 0 Å². The van der Waals surface area contributed by atoms with Crippen LogP contribution in [-0.2, 0) is 4.79 Å². The number of aryl methyl sites for hydroxylation is 2. The highest BCUT2D eigenvalue weighted by Crippen LogP contribution is 2.24. The molecular weight excluding hydrogens is 350 g/mol. The topological polar surface area (TPSA) is 78.0 Å². The molecule has 1 amide bonds. The van der Waals surface area contributed by atoms with E-state index in [-0.39, 0.29) is 11.3 Å². The molecule has 0 spiro atoms. The summed E-state index contributed by atoms with van der Waals surface area (Å²) in [6, 6.07) is 18.3. The van der Waals surface area contributed by atoms with Gasteiger partial charge in [0.2, 0.25) is 0 Å². The molecule has 2 N–H and O–H groups in total. The quantitative estimate of drug-likeness (QED) is 0.517. The lowest BCUT2D eigenvalue weighted by molar-refractivity contribution is -0.112. The zero-order valence-electron chi connectivity index (χ0n) is 16.0. The fourth-order valence-corrected chi connectivity index (χ4v) is 3.14. The minimum atomic E-state index is -0.439. The van der Waals surface area contributed by atoms with Crippen molar-refractivity contribution in [2.75, 3.05) is 5.32 Å². The maximum Gasteiger partial charge on any atom is 0.266 e. The van der Waals surface area contributed by atoms with Crippen LogP contribution in [0.4, 0.5) is 5.69 Å². The molecule has 1 aromatic heterocycles. The molecule has 0 aliphatic carbocycles. The van der Waals surface area contributed by atoms with Crippen molar-refractivity contribution in [1.29, 1.82) is 5.26 Å². The lowest BCUT2D eigenvalue weighted by Crippen LogP contribution is -2.14. The van der Waals surface area contributed by atoms with E-state index in [2.05, 4.69) is 5.32 Å². The molecule has 3 rings (SSSR count). The number of hydrogen-bond donors (Lipinski definition) is 2. The number of phenolic OH excluding ortho intramolecular Hbond substituents is 1. The fourth-order valence-electron chi connectivity index (χ4n) is 3.14. The van der Waals surface area contributed by atoms with Gasteiger partial charge in [-0.25, -0.2) is 0 Å². The summed E-state index contributed by atoms with van der Waals surface area (Å²) in [7, 11) is 0. The van der Waals surface area contributed by atoms with E-state index in [0.717, 1.165) is 28.2 Å². The first-order chi connectivity index (χ1) is 13.4. The number of hydrogen-bond acceptors (Lipinski definition) is 3. The minimum absolute atomic E-state index is 0.0363. The van der Waals surface area contributed by atoms with Crippen LogP contribution in [0.2, 0.25) is 0 Å². The Balaban J connectivity index is 1.94. The third-order valence-corrected chi connectivity index (χ3v) is 4.64. The molecule has 0 fully saturated rings. The van der Waals surface area contributed by atoms with Gasteiger partial charge in [-0.1, -0.05) is 18.2 Å². The molecule has 0 saturated carbocycles. The van der Waals surface area contributed by atoms with Gasteiger partial charge in [0.1, 0.15) is 17.4 Å². The van der Waals surface area contributed by atoms with Gasteiger partial charge >= 0.3 is 0 Å². The second-order valence-corrected chi connectivity index (χ2v) is 6.62. The van der Waals surface area contributed by atoms with Crippen LogP contribution in [0, 0.1) is 32.1 Å². The summed E-state index contributed by atoms with van der Waals surface area (Å²) < 4.78 is 2.01. The van der Waals surface area contributed by atoms with Crippen LogP contribution >= 0.6 is 0 Å². The molecule has 3 aromatic rings. The van der Waals surface area contributed by atoms with Crippen molar-refractivity contribution in [3.05, 3.63) is 82.7 Å². The molecule has 0 aliphatic heterocycles. The first-order valence-corrected chi connectivity index (χ1v) is 8.88. The average Bonchev–Trinajstić information content (AvgIpc) is 2.95. The highest BCUT2D eigenvalue weighted by molar-refractivity contribution is 6.10. The van der Waals surface area contributed by atoms with Crippen LogP contribution < -0.4 is 5.32 Å². The lowest BCUT2D eigenvalue weighted by Gasteiger charge is -2.10. The third-order valence-electron chi connectivity index (χ3n) is 4.64. The second kappa shape index (κ2) is 7.85. The predicted octanol–water partition coefficient (Wildman–Crippen LogP) is 4.65. The van der Waals surface area contributed by atoms with Crippen LogP contribution in [0.15, 0.2) is 60.2 Å². The standard InChI is InChI=1S/C23H21N3O2/c1-15-6-4-5-7-22(15)25-23(28)19(14-24)13-18-12-16(2)26(17(18)3)20-8-10-21(27)11-9-20/h4-13,27H,1-3H3,(H,25,28)/b19-13-. The number of rotatable bonds is 4. The number of carbonyl (C=O) groups is 1. The molecule has 0 saturated heterocycles. The highest BCUT2D eigenvalue weighted by atomic mass is 16.3. The fraction of sp³-hybridized carbons (Fsp3) is 0.130. The molecule has 0 aliphatic rings. The summed E-state index contributed by atoms with van der Waals surface area (Å²) in [5, 5.41) is 21.8. The Kier molecular flexibility index (Phi) is 5.32. The number of carbonyl (C=O) groups excluding carboxylic acids is 1. The molecule has 0 atom stereocenters. The number of anilines is 1. The van der Waals surface area contributed by atoms with Crippen molar-refractivity contribution in [1.82, 2.24) is 4.57 Å². The van der Waals surface area contributed by atoms with Crippen molar-refractivity contribution in [2.24, 2.45) is 0 Å². The van der Waals surface area contributed by atoms with Gasteiger partial charge in [0.15, 0.2) is 0 Å². The molecule has 0 bridgehead atoms. The summed E-state index contributed by atoms with van der Waals surface area (Å²) in [5.74, 6) is -0.239. The van der Waals surface area contributed by atoms with Crippen LogP contribution in [0.25, 0.3) is 11.8 Å². The van der Waals surface area contributed by atoms with Gasteiger partial charge in [-0.15, -0.1) is 0 Å². The van der Waals surface area contributed by atoms with E-state index in [4.69, 9.17) is 0 Å². The number of amides is 1. The van der Waals surface area contributed by atoms with Gasteiger partial charge < -0.3 is 15.0 Å². The molecule has 5 heteroatoms. The van der Waals surface area contributed by atoms with Crippen molar-refractivity contribution in [3.8, 4) is 17.5 Å². The Morgan fingerprint density at radius 2 is 1.79 bits per heavy atom. The molecule has 0 radical (unpaired) electrons. The van der Waals surface area contributed by atoms with Crippen LogP contribution in [-0.4, -0.2) is 15.6 Å². The number of nitrogens with one attached hydrogen (secondary N) is 1. The highest BCUT2D eigenvalue weighted by Gasteiger charge is 2.14. The largest absolute Gasteiger partial charge is 0.508 e. The number of nitriles is 1. The van der Waals surface area contributed by atoms with E-state index in [1.54, 1.807) is 24.3 Å². The lowest BCUT2D eigenvalue weighted by atomic mass is 10.1. The summed E-state index contributed by atoms with van der Waals surface area (Å²) in [5.41, 5.74) is 5.21. The van der Waals surface area contributed by atoms with Gasteiger partial charge in [-0.3, -0.25) is 4.79 Å². The first kappa shape index (κ1) is 19.0. The van der Waals surface area contributed by atoms with E-state index in [0.29, 0.717) is 5.69 Å². The van der Waals surface area contributed by atoms with Crippen LogP contribution in [0.5, 0.6) is 5.75 Å². The summed E-state index contributed by atoms with van der Waals surface area (Å²) >= 11 is 0. The number of para-hydroxylation sites is 1. The summed E-state index contributed by atoms with van der Waals surface area (Å²) in [6.45, 7) is 5.78. The Morgan fingerprint density at radius 1 is 1.11 bits per heavy atom. The van der Waals surface area contributed by atoms with E-state index >= 15 is 0 Å². The SMILES string of the molecule is Cc1ccccc1NC(=O)/C(C#N)=C\c1cc(C)n(-c2ccc(O)cc2)c1C. The first-order valence-electron chi connectivity index (χ1n) is 8.88. The smallest absolute Gasteiger partial charge is 0.266 e. The third kappa shape index (κ3) is 3.81. The molecule has 1 heterocycles. The Labute approximate surface area is 164 Å². The molecular formula is C23H21N3O2. The van der Waals surface area contributed by atoms with Gasteiger partial charge in [-0.2, -0.15) is 5.26 Å². The zero-order chi connectivity index (χ0) is 20.3. The second-order valence-electron chi connectivity index (χ2n) is 6.62. The zero-order valence-corrected chi connectivity index (χ0v) is 16.0. The van der Waals surface area contributed by atoms with Crippen molar-refractivity contribution >= 4 is 17.7 Å². The maximum absolute atomic E-state index is 12.6. The Bertz CT molecular complexity index is 1100. The minimum Gasteiger partial charge on any atom is -0.508 e. The van der Waals surface area contributed by atoms with E-state index in [9.17, 15) is 15.2 Å². The number of aromatic nitrogens is 1. The summed E-state index contributed by atoms with van der Waals surface area (Å²) in [4.78, 5) is 12.6. The number of benzene rings is 2. The molecule has 2 aromatic carbocycles. The number of aromatic hydroxyl groups is 1. The van der Waals surface area contributed by atoms with Gasteiger partial charge in [0.25, 0.3) is 5.91 Å². The van der Waals surface area contributed by atoms with E-state index in [1.165, 1.54) is 0 Å². The van der Waals surface area contributed by atoms with Crippen molar-refractivity contribution in [2.45, 2.75) is 20.8 Å². The van der Waals surface area contributed by atoms with Gasteiger partial charge in [0, 0.05) is 22.8 Å². The Hall–Kier alpha value is -3.78. The molecule has 0 unspecified atom stereocenters. The summed E-state index contributed by atoms with van der Waals surface area (Å²) in [6.07, 6.45) is 1.60. The monoisotopic (exact) mass is 371 g/mol. The molecule has 140 valence electrons. The molecule has 5 nitrogen and oxygen atoms in total. The normalized spacial score (nSPS) is 11.1. The predicted molar refractivity (Wildman–Crippen MR) is 110 cm³/mol. The van der Waals surface area contributed by atoms with E-state index < -0.39 is 5.91 Å². The van der Waals surface area contributed by atoms with E-state index in [1.807, 2.05) is 67.8 Å².